The standard InChI is InChI=1S/C20H23N5O/c1-24-18(26)16-17(23-13-22-16)25-19(24)21-12-20(25)9-5-8-15(11-20)10-14-6-3-2-4-7-14/h2-4,6-7,13,15H,5,8-12H2,1H3,(H,22,23). The molecule has 1 fully saturated rings. The highest BCUT2D eigenvalue weighted by molar-refractivity contribution is 6.18. The third kappa shape index (κ3) is 2.21. The van der Waals surface area contributed by atoms with Gasteiger partial charge in [0, 0.05) is 7.05 Å². The number of aliphatic imine (C=N–C) groups is 1. The molecule has 6 nitrogen and oxygen atoms in total. The first kappa shape index (κ1) is 15.6. The lowest BCUT2D eigenvalue weighted by molar-refractivity contribution is 0.0857. The quantitative estimate of drug-likeness (QED) is 0.907. The molecule has 2 atom stereocenters. The summed E-state index contributed by atoms with van der Waals surface area (Å²) < 4.78 is 0. The number of nitrogens with one attached hydrogen (secondary N) is 1. The Bertz CT molecular complexity index is 873. The number of imidazole rings is 1. The van der Waals surface area contributed by atoms with Crippen molar-refractivity contribution in [3.05, 3.63) is 47.9 Å². The molecule has 3 aliphatic rings. The number of carbonyl (C=O) groups is 1. The molecule has 134 valence electrons. The lowest BCUT2D eigenvalue weighted by Gasteiger charge is -2.46. The van der Waals surface area contributed by atoms with Crippen LogP contribution in [0.25, 0.3) is 0 Å². The van der Waals surface area contributed by atoms with Gasteiger partial charge in [0.25, 0.3) is 5.91 Å². The molecular weight excluding hydrogens is 326 g/mol. The van der Waals surface area contributed by atoms with Crippen LogP contribution in [0.2, 0.25) is 0 Å². The molecule has 1 aromatic heterocycles. The van der Waals surface area contributed by atoms with Gasteiger partial charge in [0.2, 0.25) is 5.96 Å². The Kier molecular flexibility index (Phi) is 3.42. The molecule has 0 saturated heterocycles. The average Bonchev–Trinajstić information content (AvgIpc) is 3.26. The molecule has 2 aromatic rings. The molecule has 0 bridgehead atoms. The van der Waals surface area contributed by atoms with Gasteiger partial charge in [-0.15, -0.1) is 0 Å². The minimum absolute atomic E-state index is 0.0497. The van der Waals surface area contributed by atoms with Crippen molar-refractivity contribution in [2.45, 2.75) is 37.6 Å². The van der Waals surface area contributed by atoms with Gasteiger partial charge in [-0.2, -0.15) is 0 Å². The van der Waals surface area contributed by atoms with Gasteiger partial charge >= 0.3 is 0 Å². The van der Waals surface area contributed by atoms with Crippen molar-refractivity contribution >= 4 is 17.7 Å². The summed E-state index contributed by atoms with van der Waals surface area (Å²) in [6.07, 6.45) is 7.35. The van der Waals surface area contributed by atoms with Crippen molar-refractivity contribution in [2.24, 2.45) is 10.9 Å². The monoisotopic (exact) mass is 349 g/mol. The van der Waals surface area contributed by atoms with Crippen LogP contribution in [0.3, 0.4) is 0 Å². The van der Waals surface area contributed by atoms with Crippen LogP contribution in [0.4, 0.5) is 5.82 Å². The van der Waals surface area contributed by atoms with Crippen molar-refractivity contribution in [2.75, 3.05) is 18.5 Å². The highest BCUT2D eigenvalue weighted by Gasteiger charge is 2.52. The molecule has 2 aliphatic heterocycles. The minimum Gasteiger partial charge on any atom is -0.339 e. The number of benzene rings is 1. The van der Waals surface area contributed by atoms with Crippen LogP contribution in [0.15, 0.2) is 41.7 Å². The number of carbonyl (C=O) groups excluding carboxylic acids is 1. The number of H-pyrrole nitrogens is 1. The SMILES string of the molecule is CN1C(=O)c2[nH]cnc2N2C1=NCC21CCCC(Cc2ccccc2)C1. The van der Waals surface area contributed by atoms with E-state index >= 15 is 0 Å². The number of rotatable bonds is 2. The fraction of sp³-hybridized carbons (Fsp3) is 0.450. The van der Waals surface area contributed by atoms with Crippen molar-refractivity contribution in [3.63, 3.8) is 0 Å². The Hall–Kier alpha value is -2.63. The van der Waals surface area contributed by atoms with Gasteiger partial charge in [-0.05, 0) is 37.2 Å². The first-order chi connectivity index (χ1) is 12.7. The van der Waals surface area contributed by atoms with E-state index in [4.69, 9.17) is 4.99 Å². The summed E-state index contributed by atoms with van der Waals surface area (Å²) in [4.78, 5) is 28.7. The predicted molar refractivity (Wildman–Crippen MR) is 100 cm³/mol. The lowest BCUT2D eigenvalue weighted by Crippen LogP contribution is -2.59. The Morgan fingerprint density at radius 1 is 1.31 bits per heavy atom. The first-order valence-electron chi connectivity index (χ1n) is 9.38. The van der Waals surface area contributed by atoms with E-state index < -0.39 is 0 Å². The minimum atomic E-state index is -0.0544. The average molecular weight is 349 g/mol. The van der Waals surface area contributed by atoms with Gasteiger partial charge in [0.15, 0.2) is 5.82 Å². The summed E-state index contributed by atoms with van der Waals surface area (Å²) in [5, 5.41) is 0. The molecule has 1 aliphatic carbocycles. The summed E-state index contributed by atoms with van der Waals surface area (Å²) in [6, 6.07) is 10.7. The van der Waals surface area contributed by atoms with Gasteiger partial charge in [0.05, 0.1) is 18.4 Å². The number of fused-ring (bicyclic) bond motifs is 4. The Morgan fingerprint density at radius 3 is 3.00 bits per heavy atom. The lowest BCUT2D eigenvalue weighted by atomic mass is 9.73. The summed E-state index contributed by atoms with van der Waals surface area (Å²) in [6.45, 7) is 0.748. The van der Waals surface area contributed by atoms with Crippen LogP contribution >= 0.6 is 0 Å². The maximum Gasteiger partial charge on any atom is 0.280 e. The summed E-state index contributed by atoms with van der Waals surface area (Å²) in [5.41, 5.74) is 1.93. The molecule has 1 N–H and O–H groups in total. The molecule has 1 spiro atoms. The number of nitrogens with zero attached hydrogens (tertiary/aromatic N) is 4. The van der Waals surface area contributed by atoms with E-state index in [1.807, 2.05) is 0 Å². The van der Waals surface area contributed by atoms with Gasteiger partial charge in [0.1, 0.15) is 5.69 Å². The first-order valence-corrected chi connectivity index (χ1v) is 9.38. The summed E-state index contributed by atoms with van der Waals surface area (Å²) >= 11 is 0. The summed E-state index contributed by atoms with van der Waals surface area (Å²) in [7, 11) is 1.81. The number of aromatic amines is 1. The second-order valence-corrected chi connectivity index (χ2v) is 7.79. The fourth-order valence-electron chi connectivity index (χ4n) is 4.95. The van der Waals surface area contributed by atoms with E-state index in [9.17, 15) is 4.79 Å². The maximum atomic E-state index is 12.5. The van der Waals surface area contributed by atoms with E-state index in [2.05, 4.69) is 45.2 Å². The largest absolute Gasteiger partial charge is 0.339 e. The van der Waals surface area contributed by atoms with Crippen LogP contribution in [0.1, 0.15) is 41.7 Å². The van der Waals surface area contributed by atoms with Gasteiger partial charge in [-0.25, -0.2) is 9.98 Å². The Morgan fingerprint density at radius 2 is 2.15 bits per heavy atom. The smallest absolute Gasteiger partial charge is 0.280 e. The molecule has 2 unspecified atom stereocenters. The number of hydrogen-bond acceptors (Lipinski definition) is 4. The number of amides is 1. The Balaban J connectivity index is 1.47. The molecule has 1 amide bonds. The third-order valence-corrected chi connectivity index (χ3v) is 6.13. The number of anilines is 1. The van der Waals surface area contributed by atoms with Crippen LogP contribution in [-0.4, -0.2) is 45.9 Å². The summed E-state index contributed by atoms with van der Waals surface area (Å²) in [5.74, 6) is 2.09. The molecule has 1 saturated carbocycles. The third-order valence-electron chi connectivity index (χ3n) is 6.13. The van der Waals surface area contributed by atoms with E-state index in [0.717, 1.165) is 37.6 Å². The number of guanidine groups is 1. The van der Waals surface area contributed by atoms with Crippen molar-refractivity contribution in [3.8, 4) is 0 Å². The molecule has 1 aromatic carbocycles. The zero-order valence-corrected chi connectivity index (χ0v) is 15.0. The molecular formula is C20H23N5O. The normalized spacial score (nSPS) is 27.5. The zero-order chi connectivity index (χ0) is 17.7. The van der Waals surface area contributed by atoms with Crippen molar-refractivity contribution in [1.29, 1.82) is 0 Å². The van der Waals surface area contributed by atoms with Crippen molar-refractivity contribution < 1.29 is 4.79 Å². The fourth-order valence-corrected chi connectivity index (χ4v) is 4.95. The maximum absolute atomic E-state index is 12.5. The van der Waals surface area contributed by atoms with Crippen LogP contribution in [-0.2, 0) is 6.42 Å². The Labute approximate surface area is 152 Å². The topological polar surface area (TPSA) is 64.6 Å². The number of aromatic nitrogens is 2. The second-order valence-electron chi connectivity index (χ2n) is 7.79. The van der Waals surface area contributed by atoms with E-state index in [-0.39, 0.29) is 11.4 Å². The van der Waals surface area contributed by atoms with Crippen LogP contribution < -0.4 is 4.90 Å². The second kappa shape index (κ2) is 5.69. The van der Waals surface area contributed by atoms with E-state index in [1.165, 1.54) is 18.4 Å². The van der Waals surface area contributed by atoms with Gasteiger partial charge < -0.3 is 4.98 Å². The van der Waals surface area contributed by atoms with Crippen LogP contribution in [0.5, 0.6) is 0 Å². The predicted octanol–water partition coefficient (Wildman–Crippen LogP) is 2.84. The van der Waals surface area contributed by atoms with E-state index in [0.29, 0.717) is 11.6 Å². The molecule has 5 rings (SSSR count). The number of hydrogen-bond donors (Lipinski definition) is 1. The van der Waals surface area contributed by atoms with Gasteiger partial charge in [-0.1, -0.05) is 36.8 Å². The zero-order valence-electron chi connectivity index (χ0n) is 15.0. The molecule has 6 heteroatoms. The molecule has 0 radical (unpaired) electrons. The highest BCUT2D eigenvalue weighted by Crippen LogP contribution is 2.45. The highest BCUT2D eigenvalue weighted by atomic mass is 16.2. The van der Waals surface area contributed by atoms with Crippen LogP contribution in [0, 0.1) is 5.92 Å². The molecule has 3 heterocycles. The van der Waals surface area contributed by atoms with Crippen molar-refractivity contribution in [1.82, 2.24) is 14.9 Å². The molecule has 26 heavy (non-hydrogen) atoms. The van der Waals surface area contributed by atoms with Gasteiger partial charge in [-0.3, -0.25) is 14.6 Å². The van der Waals surface area contributed by atoms with E-state index in [1.54, 1.807) is 18.3 Å².